The SMILES string of the molecule is CC(=O)NCCC1=c2ccccc2=NC1=Cc1c(O)n(-c2ccccc2F)c(=S)[nH]c1=O. The Balaban J connectivity index is 1.88. The summed E-state index contributed by atoms with van der Waals surface area (Å²) in [4.78, 5) is 31.0. The van der Waals surface area contributed by atoms with Crippen LogP contribution in [0.4, 0.5) is 4.39 Å². The zero-order valence-corrected chi connectivity index (χ0v) is 17.9. The number of H-pyrrole nitrogens is 1. The summed E-state index contributed by atoms with van der Waals surface area (Å²) in [6, 6.07) is 13.2. The highest BCUT2D eigenvalue weighted by molar-refractivity contribution is 7.71. The van der Waals surface area contributed by atoms with Gasteiger partial charge in [0.25, 0.3) is 5.56 Å². The molecule has 0 aliphatic carbocycles. The maximum Gasteiger partial charge on any atom is 0.262 e. The Morgan fingerprint density at radius 1 is 1.25 bits per heavy atom. The summed E-state index contributed by atoms with van der Waals surface area (Å²) in [6.07, 6.45) is 1.92. The predicted octanol–water partition coefficient (Wildman–Crippen LogP) is 2.09. The van der Waals surface area contributed by atoms with Crippen LogP contribution in [0.1, 0.15) is 18.9 Å². The van der Waals surface area contributed by atoms with Gasteiger partial charge in [-0.05, 0) is 48.5 Å². The molecule has 0 saturated carbocycles. The van der Waals surface area contributed by atoms with Crippen molar-refractivity contribution in [3.63, 3.8) is 0 Å². The summed E-state index contributed by atoms with van der Waals surface area (Å²) in [5.74, 6) is -1.26. The Bertz CT molecular complexity index is 1500. The highest BCUT2D eigenvalue weighted by Gasteiger charge is 2.18. The average Bonchev–Trinajstić information content (AvgIpc) is 3.09. The standard InChI is InChI=1S/C23H19FN4O3S/c1-13(29)25-11-10-15-14-6-2-4-8-18(14)26-19(15)12-16-21(30)27-23(32)28(22(16)31)20-9-5-3-7-17(20)24/h2-9,12,31H,10-11H2,1H3,(H,25,29)(H,27,30,32). The molecule has 0 atom stereocenters. The van der Waals surface area contributed by atoms with Crippen molar-refractivity contribution in [2.45, 2.75) is 13.3 Å². The van der Waals surface area contributed by atoms with Crippen molar-refractivity contribution in [3.05, 3.63) is 91.3 Å². The average molecular weight is 450 g/mol. The Kier molecular flexibility index (Phi) is 5.83. The van der Waals surface area contributed by atoms with E-state index < -0.39 is 17.3 Å². The van der Waals surface area contributed by atoms with E-state index >= 15 is 0 Å². The van der Waals surface area contributed by atoms with E-state index in [0.717, 1.165) is 20.7 Å². The van der Waals surface area contributed by atoms with Gasteiger partial charge in [0.15, 0.2) is 4.77 Å². The molecular formula is C23H19FN4O3S. The molecule has 0 saturated heterocycles. The lowest BCUT2D eigenvalue weighted by Crippen LogP contribution is -2.25. The summed E-state index contributed by atoms with van der Waals surface area (Å²) in [5, 5.41) is 15.2. The number of rotatable bonds is 5. The van der Waals surface area contributed by atoms with E-state index in [4.69, 9.17) is 12.2 Å². The largest absolute Gasteiger partial charge is 0.494 e. The highest BCUT2D eigenvalue weighted by atomic mass is 32.1. The van der Waals surface area contributed by atoms with Crippen LogP contribution in [0.3, 0.4) is 0 Å². The number of hydrogen-bond acceptors (Lipinski definition) is 5. The summed E-state index contributed by atoms with van der Waals surface area (Å²) >= 11 is 5.16. The molecule has 0 unspecified atom stereocenters. The van der Waals surface area contributed by atoms with E-state index in [0.29, 0.717) is 18.7 Å². The Morgan fingerprint density at radius 3 is 2.72 bits per heavy atom. The molecule has 1 aliphatic rings. The molecule has 162 valence electrons. The third kappa shape index (κ3) is 4.02. The normalized spacial score (nSPS) is 13.7. The number of nitrogens with one attached hydrogen (secondary N) is 2. The van der Waals surface area contributed by atoms with Gasteiger partial charge < -0.3 is 10.4 Å². The van der Waals surface area contributed by atoms with E-state index in [1.54, 1.807) is 6.07 Å². The van der Waals surface area contributed by atoms with Gasteiger partial charge in [0, 0.05) is 18.7 Å². The molecule has 0 spiro atoms. The first-order valence-electron chi connectivity index (χ1n) is 9.83. The number of amides is 1. The number of carbonyl (C=O) groups is 1. The van der Waals surface area contributed by atoms with Gasteiger partial charge >= 0.3 is 0 Å². The van der Waals surface area contributed by atoms with E-state index in [1.165, 1.54) is 31.2 Å². The number of benzene rings is 2. The van der Waals surface area contributed by atoms with Crippen LogP contribution in [0.2, 0.25) is 0 Å². The predicted molar refractivity (Wildman–Crippen MR) is 121 cm³/mol. The monoisotopic (exact) mass is 450 g/mol. The minimum Gasteiger partial charge on any atom is -0.494 e. The van der Waals surface area contributed by atoms with Crippen LogP contribution in [-0.2, 0) is 4.79 Å². The number of hydrogen-bond donors (Lipinski definition) is 3. The van der Waals surface area contributed by atoms with Gasteiger partial charge in [0.2, 0.25) is 11.8 Å². The maximum atomic E-state index is 14.4. The Morgan fingerprint density at radius 2 is 1.97 bits per heavy atom. The minimum absolute atomic E-state index is 0.00686. The number of aromatic nitrogens is 2. The van der Waals surface area contributed by atoms with E-state index in [-0.39, 0.29) is 21.9 Å². The second-order valence-corrected chi connectivity index (χ2v) is 7.54. The molecule has 2 aromatic carbocycles. The van der Waals surface area contributed by atoms with Crippen molar-refractivity contribution in [1.82, 2.24) is 14.9 Å². The molecule has 1 amide bonds. The molecule has 1 aromatic heterocycles. The van der Waals surface area contributed by atoms with Gasteiger partial charge in [-0.25, -0.2) is 9.38 Å². The smallest absolute Gasteiger partial charge is 0.262 e. The molecule has 3 N–H and O–H groups in total. The fourth-order valence-electron chi connectivity index (χ4n) is 3.57. The lowest BCUT2D eigenvalue weighted by atomic mass is 10.1. The maximum absolute atomic E-state index is 14.4. The van der Waals surface area contributed by atoms with Crippen LogP contribution in [0.5, 0.6) is 5.88 Å². The fourth-order valence-corrected chi connectivity index (χ4v) is 3.85. The van der Waals surface area contributed by atoms with Crippen LogP contribution in [0, 0.1) is 10.6 Å². The Labute approximate surface area is 186 Å². The highest BCUT2D eigenvalue weighted by Crippen LogP contribution is 2.26. The van der Waals surface area contributed by atoms with Crippen molar-refractivity contribution in [2.75, 3.05) is 6.54 Å². The van der Waals surface area contributed by atoms with Crippen LogP contribution in [0.25, 0.3) is 17.3 Å². The van der Waals surface area contributed by atoms with Crippen molar-refractivity contribution < 1.29 is 14.3 Å². The second kappa shape index (κ2) is 8.72. The van der Waals surface area contributed by atoms with Gasteiger partial charge in [-0.3, -0.25) is 19.1 Å². The number of aromatic hydroxyl groups is 1. The number of nitrogens with zero attached hydrogens (tertiary/aromatic N) is 2. The molecular weight excluding hydrogens is 431 g/mol. The van der Waals surface area contributed by atoms with Crippen LogP contribution >= 0.6 is 12.2 Å². The lowest BCUT2D eigenvalue weighted by Gasteiger charge is -2.12. The van der Waals surface area contributed by atoms with E-state index in [9.17, 15) is 19.1 Å². The van der Waals surface area contributed by atoms with Crippen LogP contribution in [-0.4, -0.2) is 27.1 Å². The van der Waals surface area contributed by atoms with E-state index in [2.05, 4.69) is 15.3 Å². The van der Waals surface area contributed by atoms with Gasteiger partial charge in [-0.1, -0.05) is 30.3 Å². The van der Waals surface area contributed by atoms with Gasteiger partial charge in [0.1, 0.15) is 11.4 Å². The third-order valence-electron chi connectivity index (χ3n) is 5.02. The van der Waals surface area contributed by atoms with Crippen molar-refractivity contribution in [3.8, 4) is 11.6 Å². The topological polar surface area (TPSA) is 99.5 Å². The zero-order chi connectivity index (χ0) is 22.8. The molecule has 0 bridgehead atoms. The molecule has 1 aliphatic heterocycles. The van der Waals surface area contributed by atoms with Gasteiger partial charge in [0.05, 0.1) is 16.7 Å². The lowest BCUT2D eigenvalue weighted by molar-refractivity contribution is -0.118. The molecule has 3 aromatic rings. The number of carbonyl (C=O) groups excluding carboxylic acids is 1. The minimum atomic E-state index is -0.625. The molecule has 4 rings (SSSR count). The summed E-state index contributed by atoms with van der Waals surface area (Å²) in [5.41, 5.74) is 0.556. The number of para-hydroxylation sites is 2. The molecule has 2 heterocycles. The van der Waals surface area contributed by atoms with E-state index in [1.807, 2.05) is 24.3 Å². The first kappa shape index (κ1) is 21.4. The summed E-state index contributed by atoms with van der Waals surface area (Å²) < 4.78 is 15.3. The number of fused-ring (bicyclic) bond motifs is 1. The van der Waals surface area contributed by atoms with Gasteiger partial charge in [-0.15, -0.1) is 0 Å². The van der Waals surface area contributed by atoms with Crippen LogP contribution < -0.4 is 21.5 Å². The summed E-state index contributed by atoms with van der Waals surface area (Å²) in [6.45, 7) is 1.82. The quantitative estimate of drug-likeness (QED) is 0.519. The second-order valence-electron chi connectivity index (χ2n) is 7.15. The third-order valence-corrected chi connectivity index (χ3v) is 5.31. The Hall–Kier alpha value is -3.85. The first-order valence-corrected chi connectivity index (χ1v) is 10.2. The van der Waals surface area contributed by atoms with Crippen molar-refractivity contribution in [2.24, 2.45) is 4.99 Å². The molecule has 7 nitrogen and oxygen atoms in total. The molecule has 0 fully saturated rings. The fraction of sp³-hybridized carbons (Fsp3) is 0.130. The van der Waals surface area contributed by atoms with Crippen LogP contribution in [0.15, 0.2) is 64.0 Å². The number of allylic oxidation sites excluding steroid dienone is 1. The summed E-state index contributed by atoms with van der Waals surface area (Å²) in [7, 11) is 0. The van der Waals surface area contributed by atoms with Crippen molar-refractivity contribution in [1.29, 1.82) is 0 Å². The number of aromatic amines is 1. The molecule has 0 radical (unpaired) electrons. The molecule has 9 heteroatoms. The molecule has 32 heavy (non-hydrogen) atoms. The van der Waals surface area contributed by atoms with Crippen molar-refractivity contribution >= 4 is 29.8 Å². The zero-order valence-electron chi connectivity index (χ0n) is 17.1. The van der Waals surface area contributed by atoms with Gasteiger partial charge in [-0.2, -0.15) is 0 Å². The number of halogens is 1. The first-order chi connectivity index (χ1) is 15.4.